The zero-order valence-corrected chi connectivity index (χ0v) is 16.5. The Balaban J connectivity index is 1.98. The highest BCUT2D eigenvalue weighted by molar-refractivity contribution is 5.62. The molecule has 0 amide bonds. The first-order valence-corrected chi connectivity index (χ1v) is 9.19. The standard InChI is InChI=1S/C21H24N6O/c1-12-8-9-16(28-12)19-25-20(23)24-18-15(11-13-6-5-7-14(22)10-13)17(21(2,3)4)26-27(18)19/h5-10H,11,22H2,1-4H3,(H2,23,24). The molecule has 4 aromatic rings. The number of benzene rings is 1. The molecule has 0 aliphatic rings. The zero-order valence-electron chi connectivity index (χ0n) is 16.5. The van der Waals surface area contributed by atoms with Crippen LogP contribution in [0.1, 0.15) is 43.4 Å². The van der Waals surface area contributed by atoms with E-state index in [0.717, 1.165) is 28.3 Å². The van der Waals surface area contributed by atoms with Gasteiger partial charge in [-0.2, -0.15) is 19.6 Å². The third-order valence-electron chi connectivity index (χ3n) is 4.60. The van der Waals surface area contributed by atoms with Crippen molar-refractivity contribution in [3.05, 3.63) is 59.0 Å². The van der Waals surface area contributed by atoms with E-state index in [-0.39, 0.29) is 11.4 Å². The van der Waals surface area contributed by atoms with Gasteiger partial charge in [0.15, 0.2) is 11.4 Å². The maximum absolute atomic E-state index is 6.05. The van der Waals surface area contributed by atoms with Crippen LogP contribution >= 0.6 is 0 Å². The molecule has 4 N–H and O–H groups in total. The lowest BCUT2D eigenvalue weighted by atomic mass is 9.87. The molecule has 7 heteroatoms. The summed E-state index contributed by atoms with van der Waals surface area (Å²) in [7, 11) is 0. The highest BCUT2D eigenvalue weighted by Gasteiger charge is 2.27. The number of furan rings is 1. The highest BCUT2D eigenvalue weighted by atomic mass is 16.3. The van der Waals surface area contributed by atoms with Crippen LogP contribution in [0, 0.1) is 6.92 Å². The minimum absolute atomic E-state index is 0.186. The lowest BCUT2D eigenvalue weighted by Gasteiger charge is -2.17. The number of aryl methyl sites for hydroxylation is 1. The molecule has 0 saturated heterocycles. The van der Waals surface area contributed by atoms with Gasteiger partial charge in [0.25, 0.3) is 0 Å². The molecule has 0 spiro atoms. The number of rotatable bonds is 3. The average Bonchev–Trinajstić information content (AvgIpc) is 3.18. The Morgan fingerprint density at radius 2 is 1.86 bits per heavy atom. The lowest BCUT2D eigenvalue weighted by Crippen LogP contribution is -2.15. The molecule has 3 aromatic heterocycles. The number of hydrogen-bond donors (Lipinski definition) is 2. The molecule has 0 bridgehead atoms. The molecule has 144 valence electrons. The van der Waals surface area contributed by atoms with Crippen molar-refractivity contribution < 1.29 is 4.42 Å². The quantitative estimate of drug-likeness (QED) is 0.527. The van der Waals surface area contributed by atoms with E-state index in [0.29, 0.717) is 23.7 Å². The Kier molecular flexibility index (Phi) is 4.10. The number of fused-ring (bicyclic) bond motifs is 1. The van der Waals surface area contributed by atoms with E-state index in [4.69, 9.17) is 21.0 Å². The summed E-state index contributed by atoms with van der Waals surface area (Å²) in [5.74, 6) is 2.13. The summed E-state index contributed by atoms with van der Waals surface area (Å²) in [4.78, 5) is 8.91. The second-order valence-corrected chi connectivity index (χ2v) is 8.05. The summed E-state index contributed by atoms with van der Waals surface area (Å²) in [6.45, 7) is 8.28. The van der Waals surface area contributed by atoms with E-state index in [1.54, 1.807) is 4.52 Å². The smallest absolute Gasteiger partial charge is 0.224 e. The Morgan fingerprint density at radius 1 is 1.07 bits per heavy atom. The van der Waals surface area contributed by atoms with Crippen molar-refractivity contribution in [1.29, 1.82) is 0 Å². The van der Waals surface area contributed by atoms with Crippen LogP contribution in [0.2, 0.25) is 0 Å². The first-order chi connectivity index (χ1) is 13.2. The molecule has 4 rings (SSSR count). The molecular formula is C21H24N6O. The van der Waals surface area contributed by atoms with Crippen LogP contribution in [0.25, 0.3) is 17.2 Å². The fraction of sp³-hybridized carbons (Fsp3) is 0.286. The van der Waals surface area contributed by atoms with Crippen LogP contribution in [-0.4, -0.2) is 19.6 Å². The van der Waals surface area contributed by atoms with Crippen LogP contribution in [0.3, 0.4) is 0 Å². The third-order valence-corrected chi connectivity index (χ3v) is 4.60. The number of nitrogens with zero attached hydrogens (tertiary/aromatic N) is 4. The van der Waals surface area contributed by atoms with Gasteiger partial charge in [-0.15, -0.1) is 0 Å². The van der Waals surface area contributed by atoms with Gasteiger partial charge < -0.3 is 15.9 Å². The molecule has 0 unspecified atom stereocenters. The average molecular weight is 376 g/mol. The van der Waals surface area contributed by atoms with Crippen molar-refractivity contribution in [3.63, 3.8) is 0 Å². The molecule has 3 heterocycles. The summed E-state index contributed by atoms with van der Waals surface area (Å²) in [6, 6.07) is 11.6. The predicted octanol–water partition coefficient (Wildman–Crippen LogP) is 3.75. The van der Waals surface area contributed by atoms with E-state index in [9.17, 15) is 0 Å². The highest BCUT2D eigenvalue weighted by Crippen LogP contribution is 2.32. The molecular weight excluding hydrogens is 352 g/mol. The van der Waals surface area contributed by atoms with Crippen molar-refractivity contribution in [2.75, 3.05) is 11.5 Å². The van der Waals surface area contributed by atoms with Crippen molar-refractivity contribution in [3.8, 4) is 11.6 Å². The Bertz CT molecular complexity index is 1170. The maximum Gasteiger partial charge on any atom is 0.224 e. The number of hydrogen-bond acceptors (Lipinski definition) is 6. The normalized spacial score (nSPS) is 12.0. The van der Waals surface area contributed by atoms with Crippen molar-refractivity contribution >= 4 is 17.3 Å². The molecule has 7 nitrogen and oxygen atoms in total. The van der Waals surface area contributed by atoms with E-state index in [1.807, 2.05) is 43.3 Å². The van der Waals surface area contributed by atoms with Crippen LogP contribution in [0.4, 0.5) is 11.6 Å². The van der Waals surface area contributed by atoms with Gasteiger partial charge in [0.05, 0.1) is 5.69 Å². The molecule has 1 aromatic carbocycles. The van der Waals surface area contributed by atoms with Gasteiger partial charge in [-0.3, -0.25) is 0 Å². The minimum atomic E-state index is -0.186. The molecule has 0 fully saturated rings. The first-order valence-electron chi connectivity index (χ1n) is 9.19. The zero-order chi connectivity index (χ0) is 20.1. The fourth-order valence-electron chi connectivity index (χ4n) is 3.38. The number of nitrogens with two attached hydrogens (primary N) is 2. The minimum Gasteiger partial charge on any atom is -0.458 e. The second kappa shape index (κ2) is 6.37. The van der Waals surface area contributed by atoms with Crippen molar-refractivity contribution in [1.82, 2.24) is 19.6 Å². The molecule has 0 atom stereocenters. The van der Waals surface area contributed by atoms with Crippen molar-refractivity contribution in [2.45, 2.75) is 39.5 Å². The van der Waals surface area contributed by atoms with Gasteiger partial charge >= 0.3 is 0 Å². The van der Waals surface area contributed by atoms with E-state index in [1.165, 1.54) is 0 Å². The molecule has 0 aliphatic carbocycles. The van der Waals surface area contributed by atoms with Gasteiger partial charge in [-0.05, 0) is 36.8 Å². The van der Waals surface area contributed by atoms with E-state index >= 15 is 0 Å². The lowest BCUT2D eigenvalue weighted by molar-refractivity contribution is 0.537. The third kappa shape index (κ3) is 3.19. The second-order valence-electron chi connectivity index (χ2n) is 8.05. The summed E-state index contributed by atoms with van der Waals surface area (Å²) >= 11 is 0. The maximum atomic E-state index is 6.05. The molecule has 0 saturated carbocycles. The summed E-state index contributed by atoms with van der Waals surface area (Å²) < 4.78 is 7.51. The summed E-state index contributed by atoms with van der Waals surface area (Å²) in [6.07, 6.45) is 0.647. The van der Waals surface area contributed by atoms with Gasteiger partial charge in [0.2, 0.25) is 11.8 Å². The molecule has 28 heavy (non-hydrogen) atoms. The Morgan fingerprint density at radius 3 is 2.50 bits per heavy atom. The summed E-state index contributed by atoms with van der Waals surface area (Å²) in [5.41, 5.74) is 16.3. The van der Waals surface area contributed by atoms with Gasteiger partial charge in [-0.25, -0.2) is 0 Å². The largest absolute Gasteiger partial charge is 0.458 e. The number of aromatic nitrogens is 4. The van der Waals surface area contributed by atoms with Gasteiger partial charge in [0, 0.05) is 23.1 Å². The summed E-state index contributed by atoms with van der Waals surface area (Å²) in [5, 5.41) is 4.87. The number of nitrogen functional groups attached to an aromatic ring is 2. The van der Waals surface area contributed by atoms with Crippen LogP contribution in [0.15, 0.2) is 40.8 Å². The predicted molar refractivity (Wildman–Crippen MR) is 110 cm³/mol. The van der Waals surface area contributed by atoms with Gasteiger partial charge in [-0.1, -0.05) is 32.9 Å². The monoisotopic (exact) mass is 376 g/mol. The van der Waals surface area contributed by atoms with Gasteiger partial charge in [0.1, 0.15) is 5.76 Å². The SMILES string of the molecule is Cc1ccc(-c2nc(N)nc3c(Cc4cccc(N)c4)c(C(C)(C)C)nn23)o1. The van der Waals surface area contributed by atoms with E-state index < -0.39 is 0 Å². The first kappa shape index (κ1) is 18.0. The van der Waals surface area contributed by atoms with E-state index in [2.05, 4.69) is 30.7 Å². The van der Waals surface area contributed by atoms with Crippen molar-refractivity contribution in [2.24, 2.45) is 0 Å². The Labute approximate surface area is 163 Å². The Hall–Kier alpha value is -3.35. The van der Waals surface area contributed by atoms with Crippen LogP contribution in [-0.2, 0) is 11.8 Å². The molecule has 0 radical (unpaired) electrons. The van der Waals surface area contributed by atoms with Crippen LogP contribution in [0.5, 0.6) is 0 Å². The fourth-order valence-corrected chi connectivity index (χ4v) is 3.38. The number of anilines is 2. The molecule has 0 aliphatic heterocycles. The van der Waals surface area contributed by atoms with Crippen LogP contribution < -0.4 is 11.5 Å². The topological polar surface area (TPSA) is 108 Å².